The van der Waals surface area contributed by atoms with Crippen LogP contribution in [0.25, 0.3) is 0 Å². The Bertz CT molecular complexity index is 167. The number of aromatic nitrogens is 2. The summed E-state index contributed by atoms with van der Waals surface area (Å²) in [6, 6.07) is 0. The summed E-state index contributed by atoms with van der Waals surface area (Å²) >= 11 is 5.53. The van der Waals surface area contributed by atoms with E-state index >= 15 is 0 Å². The third-order valence-electron chi connectivity index (χ3n) is 0.789. The van der Waals surface area contributed by atoms with E-state index in [4.69, 9.17) is 11.6 Å². The van der Waals surface area contributed by atoms with Crippen molar-refractivity contribution >= 4 is 11.6 Å². The van der Waals surface area contributed by atoms with Crippen LogP contribution < -0.4 is 0 Å². The second-order valence-electron chi connectivity index (χ2n) is 1.44. The maximum Gasteiger partial charge on any atom is 0.199 e. The molecule has 0 saturated carbocycles. The summed E-state index contributed by atoms with van der Waals surface area (Å²) in [6.45, 7) is 1.84. The molecule has 0 saturated heterocycles. The molecule has 1 rings (SSSR count). The van der Waals surface area contributed by atoms with Gasteiger partial charge in [-0.15, -0.1) is 0 Å². The standard InChI is InChI=1S/C5H4ClN2/c1-4-2-7-3-8-5(4)6/h2H,1H3. The Morgan fingerprint density at radius 2 is 2.50 bits per heavy atom. The molecule has 0 fully saturated rings. The molecule has 8 heavy (non-hydrogen) atoms. The average Bonchev–Trinajstić information content (AvgIpc) is 1.77. The van der Waals surface area contributed by atoms with Gasteiger partial charge in [0.05, 0.1) is 0 Å². The summed E-state index contributed by atoms with van der Waals surface area (Å²) in [7, 11) is 0. The molecule has 0 unspecified atom stereocenters. The lowest BCUT2D eigenvalue weighted by Gasteiger charge is -1.88. The van der Waals surface area contributed by atoms with Gasteiger partial charge in [0.1, 0.15) is 5.15 Å². The fourth-order valence-corrected chi connectivity index (χ4v) is 0.426. The van der Waals surface area contributed by atoms with Crippen molar-refractivity contribution < 1.29 is 0 Å². The summed E-state index contributed by atoms with van der Waals surface area (Å²) in [5.74, 6) is 0. The zero-order valence-corrected chi connectivity index (χ0v) is 5.11. The lowest BCUT2D eigenvalue weighted by molar-refractivity contribution is 1.11. The van der Waals surface area contributed by atoms with E-state index in [1.165, 1.54) is 0 Å². The van der Waals surface area contributed by atoms with Crippen LogP contribution in [0.5, 0.6) is 0 Å². The van der Waals surface area contributed by atoms with Crippen molar-refractivity contribution in [3.63, 3.8) is 0 Å². The van der Waals surface area contributed by atoms with Gasteiger partial charge in [-0.05, 0) is 6.92 Å². The largest absolute Gasteiger partial charge is 0.233 e. The van der Waals surface area contributed by atoms with Crippen molar-refractivity contribution in [2.75, 3.05) is 0 Å². The number of halogens is 1. The van der Waals surface area contributed by atoms with Crippen molar-refractivity contribution in [3.05, 3.63) is 23.2 Å². The molecule has 2 nitrogen and oxygen atoms in total. The smallest absolute Gasteiger partial charge is 0.199 e. The van der Waals surface area contributed by atoms with E-state index < -0.39 is 0 Å². The Morgan fingerprint density at radius 1 is 1.75 bits per heavy atom. The van der Waals surface area contributed by atoms with E-state index in [2.05, 4.69) is 16.3 Å². The topological polar surface area (TPSA) is 25.8 Å². The van der Waals surface area contributed by atoms with Crippen molar-refractivity contribution in [1.29, 1.82) is 0 Å². The van der Waals surface area contributed by atoms with Gasteiger partial charge in [0, 0.05) is 11.8 Å². The number of hydrogen-bond acceptors (Lipinski definition) is 2. The summed E-state index contributed by atoms with van der Waals surface area (Å²) in [5.41, 5.74) is 0.880. The first-order valence-corrected chi connectivity index (χ1v) is 2.53. The zero-order chi connectivity index (χ0) is 5.98. The number of aryl methyl sites for hydroxylation is 1. The summed E-state index contributed by atoms with van der Waals surface area (Å²) in [5, 5.41) is 0.472. The van der Waals surface area contributed by atoms with E-state index in [9.17, 15) is 0 Å². The minimum atomic E-state index is 0.472. The first kappa shape index (κ1) is 5.51. The molecular formula is C5H4ClN2. The Morgan fingerprint density at radius 3 is 2.88 bits per heavy atom. The normalized spacial score (nSPS) is 9.25. The fourth-order valence-electron chi connectivity index (χ4n) is 0.340. The van der Waals surface area contributed by atoms with E-state index in [1.807, 2.05) is 6.92 Å². The molecule has 1 radical (unpaired) electrons. The van der Waals surface area contributed by atoms with Gasteiger partial charge in [-0.1, -0.05) is 11.6 Å². The van der Waals surface area contributed by atoms with E-state index in [-0.39, 0.29) is 0 Å². The minimum absolute atomic E-state index is 0.472. The van der Waals surface area contributed by atoms with Gasteiger partial charge in [-0.3, -0.25) is 0 Å². The molecular weight excluding hydrogens is 124 g/mol. The van der Waals surface area contributed by atoms with Gasteiger partial charge in [-0.25, -0.2) is 9.97 Å². The Hall–Kier alpha value is -0.630. The highest BCUT2D eigenvalue weighted by Gasteiger charge is 1.90. The number of nitrogens with zero attached hydrogens (tertiary/aromatic N) is 2. The summed E-state index contributed by atoms with van der Waals surface area (Å²) in [6.07, 6.45) is 3.99. The lowest BCUT2D eigenvalue weighted by atomic mass is 10.4. The average molecular weight is 128 g/mol. The van der Waals surface area contributed by atoms with Crippen LogP contribution in [-0.2, 0) is 0 Å². The van der Waals surface area contributed by atoms with Crippen LogP contribution in [0.4, 0.5) is 0 Å². The van der Waals surface area contributed by atoms with Crippen molar-refractivity contribution in [1.82, 2.24) is 9.97 Å². The summed E-state index contributed by atoms with van der Waals surface area (Å²) < 4.78 is 0. The van der Waals surface area contributed by atoms with Crippen LogP contribution in [0.3, 0.4) is 0 Å². The van der Waals surface area contributed by atoms with Gasteiger partial charge in [0.25, 0.3) is 0 Å². The van der Waals surface area contributed by atoms with Crippen LogP contribution in [0, 0.1) is 13.3 Å². The molecule has 1 aromatic heterocycles. The molecule has 1 heterocycles. The van der Waals surface area contributed by atoms with Gasteiger partial charge in [0.15, 0.2) is 6.33 Å². The molecule has 0 atom stereocenters. The highest BCUT2D eigenvalue weighted by Crippen LogP contribution is 2.05. The van der Waals surface area contributed by atoms with Crippen LogP contribution in [0.2, 0.25) is 5.15 Å². The maximum atomic E-state index is 5.53. The second kappa shape index (κ2) is 2.09. The molecule has 0 amide bonds. The van der Waals surface area contributed by atoms with Crippen molar-refractivity contribution in [2.24, 2.45) is 0 Å². The van der Waals surface area contributed by atoms with Gasteiger partial charge >= 0.3 is 0 Å². The molecule has 0 spiro atoms. The third-order valence-corrected chi connectivity index (χ3v) is 1.17. The minimum Gasteiger partial charge on any atom is -0.233 e. The van der Waals surface area contributed by atoms with Crippen LogP contribution in [0.1, 0.15) is 5.56 Å². The molecule has 0 bridgehead atoms. The molecule has 0 aromatic carbocycles. The maximum absolute atomic E-state index is 5.53. The SMILES string of the molecule is Cc1cn[c]nc1Cl. The van der Waals surface area contributed by atoms with Crippen molar-refractivity contribution in [3.8, 4) is 0 Å². The first-order valence-electron chi connectivity index (χ1n) is 2.16. The molecule has 0 aliphatic carbocycles. The Labute approximate surface area is 52.5 Å². The molecule has 41 valence electrons. The highest BCUT2D eigenvalue weighted by atomic mass is 35.5. The van der Waals surface area contributed by atoms with Crippen LogP contribution in [0.15, 0.2) is 6.20 Å². The summed E-state index contributed by atoms with van der Waals surface area (Å²) in [4.78, 5) is 7.23. The van der Waals surface area contributed by atoms with Crippen molar-refractivity contribution in [2.45, 2.75) is 6.92 Å². The highest BCUT2D eigenvalue weighted by molar-refractivity contribution is 6.30. The van der Waals surface area contributed by atoms with Gasteiger partial charge in [-0.2, -0.15) is 0 Å². The third kappa shape index (κ3) is 0.954. The molecule has 0 aliphatic heterocycles. The second-order valence-corrected chi connectivity index (χ2v) is 1.80. The van der Waals surface area contributed by atoms with Crippen LogP contribution >= 0.6 is 11.6 Å². The van der Waals surface area contributed by atoms with Gasteiger partial charge < -0.3 is 0 Å². The number of hydrogen-bond donors (Lipinski definition) is 0. The zero-order valence-electron chi connectivity index (χ0n) is 4.35. The number of rotatable bonds is 0. The van der Waals surface area contributed by atoms with E-state index in [1.54, 1.807) is 6.20 Å². The lowest BCUT2D eigenvalue weighted by Crippen LogP contribution is -1.81. The van der Waals surface area contributed by atoms with Crippen LogP contribution in [-0.4, -0.2) is 9.97 Å². The quantitative estimate of drug-likeness (QED) is 0.490. The molecule has 1 aromatic rings. The molecule has 0 N–H and O–H groups in total. The predicted octanol–water partition coefficient (Wildman–Crippen LogP) is 1.24. The molecule has 0 aliphatic rings. The molecule has 3 heteroatoms. The Kier molecular flexibility index (Phi) is 1.44. The van der Waals surface area contributed by atoms with E-state index in [0.29, 0.717) is 5.15 Å². The fraction of sp³-hybridized carbons (Fsp3) is 0.200. The first-order chi connectivity index (χ1) is 3.80. The Balaban J connectivity index is 3.13. The monoisotopic (exact) mass is 127 g/mol. The van der Waals surface area contributed by atoms with E-state index in [0.717, 1.165) is 5.56 Å². The predicted molar refractivity (Wildman–Crippen MR) is 30.6 cm³/mol. The van der Waals surface area contributed by atoms with Gasteiger partial charge in [0.2, 0.25) is 0 Å².